The number of anilines is 2. The second-order valence-corrected chi connectivity index (χ2v) is 7.55. The Labute approximate surface area is 171 Å². The molecule has 0 bridgehead atoms. The number of aryl methyl sites for hydroxylation is 1. The lowest BCUT2D eigenvalue weighted by Gasteiger charge is -2.22. The Kier molecular flexibility index (Phi) is 5.13. The number of fused-ring (bicyclic) bond motifs is 1. The summed E-state index contributed by atoms with van der Waals surface area (Å²) in [6.07, 6.45) is 0. The van der Waals surface area contributed by atoms with E-state index in [-0.39, 0.29) is 18.5 Å². The zero-order chi connectivity index (χ0) is 19.7. The average molecular weight is 446 g/mol. The number of carbonyl (C=O) groups is 2. The molecule has 4 rings (SSSR count). The third kappa shape index (κ3) is 3.77. The summed E-state index contributed by atoms with van der Waals surface area (Å²) in [5, 5.41) is 2.84. The highest BCUT2D eigenvalue weighted by Gasteiger charge is 2.31. The summed E-state index contributed by atoms with van der Waals surface area (Å²) >= 11 is 3.44. The van der Waals surface area contributed by atoms with Gasteiger partial charge in [-0.2, -0.15) is 0 Å². The van der Waals surface area contributed by atoms with Crippen molar-refractivity contribution < 1.29 is 19.1 Å². The molecule has 0 unspecified atom stereocenters. The van der Waals surface area contributed by atoms with E-state index in [0.717, 1.165) is 15.7 Å². The van der Waals surface area contributed by atoms with Crippen LogP contribution < -0.4 is 19.7 Å². The molecule has 2 aromatic carbocycles. The summed E-state index contributed by atoms with van der Waals surface area (Å²) < 4.78 is 12.1. The van der Waals surface area contributed by atoms with Crippen LogP contribution in [0.3, 0.4) is 0 Å². The number of nitrogens with one attached hydrogen (secondary N) is 1. The largest absolute Gasteiger partial charge is 0.486 e. The summed E-state index contributed by atoms with van der Waals surface area (Å²) in [6, 6.07) is 10.8. The summed E-state index contributed by atoms with van der Waals surface area (Å²) in [5.41, 5.74) is 2.47. The minimum Gasteiger partial charge on any atom is -0.486 e. The zero-order valence-corrected chi connectivity index (χ0v) is 17.0. The third-order valence-corrected chi connectivity index (χ3v) is 5.60. The molecule has 7 nitrogen and oxygen atoms in total. The van der Waals surface area contributed by atoms with E-state index in [1.165, 1.54) is 4.90 Å². The lowest BCUT2D eigenvalue weighted by Crippen LogP contribution is -2.37. The number of hydrogen-bond acceptors (Lipinski definition) is 4. The molecule has 2 aromatic rings. The van der Waals surface area contributed by atoms with Gasteiger partial charge in [-0.15, -0.1) is 0 Å². The Morgan fingerprint density at radius 1 is 1.11 bits per heavy atom. The molecular formula is C20H20BrN3O4. The van der Waals surface area contributed by atoms with Crippen LogP contribution in [0.15, 0.2) is 40.9 Å². The summed E-state index contributed by atoms with van der Waals surface area (Å²) in [4.78, 5) is 28.3. The summed E-state index contributed by atoms with van der Waals surface area (Å²) in [6.45, 7) is 3.98. The predicted molar refractivity (Wildman–Crippen MR) is 109 cm³/mol. The Morgan fingerprint density at radius 3 is 2.68 bits per heavy atom. The molecule has 3 amide bonds. The van der Waals surface area contributed by atoms with Gasteiger partial charge in [-0.25, -0.2) is 4.79 Å². The Balaban J connectivity index is 1.40. The van der Waals surface area contributed by atoms with E-state index in [9.17, 15) is 9.59 Å². The van der Waals surface area contributed by atoms with E-state index in [4.69, 9.17) is 9.47 Å². The maximum atomic E-state index is 12.8. The molecule has 0 atom stereocenters. The van der Waals surface area contributed by atoms with Crippen LogP contribution in [0, 0.1) is 6.92 Å². The van der Waals surface area contributed by atoms with E-state index < -0.39 is 0 Å². The molecule has 1 N–H and O–H groups in total. The molecule has 0 spiro atoms. The Morgan fingerprint density at radius 2 is 1.89 bits per heavy atom. The van der Waals surface area contributed by atoms with Gasteiger partial charge in [0.1, 0.15) is 19.8 Å². The summed E-state index contributed by atoms with van der Waals surface area (Å²) in [7, 11) is 0. The van der Waals surface area contributed by atoms with Crippen molar-refractivity contribution in [3.05, 3.63) is 46.4 Å². The summed E-state index contributed by atoms with van der Waals surface area (Å²) in [5.74, 6) is 1.10. The van der Waals surface area contributed by atoms with Crippen molar-refractivity contribution in [2.45, 2.75) is 6.92 Å². The molecule has 2 aliphatic rings. The van der Waals surface area contributed by atoms with E-state index in [2.05, 4.69) is 21.2 Å². The highest BCUT2D eigenvalue weighted by atomic mass is 79.9. The van der Waals surface area contributed by atoms with Crippen LogP contribution in [0.5, 0.6) is 11.5 Å². The van der Waals surface area contributed by atoms with E-state index in [1.54, 1.807) is 11.0 Å². The Bertz CT molecular complexity index is 934. The number of hydrogen-bond donors (Lipinski definition) is 1. The number of urea groups is 1. The number of carbonyl (C=O) groups excluding carboxylic acids is 2. The monoisotopic (exact) mass is 445 g/mol. The average Bonchev–Trinajstić information content (AvgIpc) is 3.04. The predicted octanol–water partition coefficient (Wildman–Crippen LogP) is 3.41. The van der Waals surface area contributed by atoms with Crippen LogP contribution in [-0.4, -0.2) is 49.7 Å². The van der Waals surface area contributed by atoms with Crippen molar-refractivity contribution >= 4 is 39.2 Å². The van der Waals surface area contributed by atoms with E-state index in [1.807, 2.05) is 37.3 Å². The maximum absolute atomic E-state index is 12.8. The highest BCUT2D eigenvalue weighted by molar-refractivity contribution is 9.10. The van der Waals surface area contributed by atoms with Crippen molar-refractivity contribution in [2.24, 2.45) is 0 Å². The fourth-order valence-corrected chi connectivity index (χ4v) is 3.51. The van der Waals surface area contributed by atoms with Crippen LogP contribution in [-0.2, 0) is 4.79 Å². The van der Waals surface area contributed by atoms with Gasteiger partial charge in [0.25, 0.3) is 0 Å². The highest BCUT2D eigenvalue weighted by Crippen LogP contribution is 2.35. The van der Waals surface area contributed by atoms with Crippen molar-refractivity contribution in [2.75, 3.05) is 43.1 Å². The first-order chi connectivity index (χ1) is 13.5. The number of nitrogens with zero attached hydrogens (tertiary/aromatic N) is 2. The fraction of sp³-hybridized carbons (Fsp3) is 0.300. The van der Waals surface area contributed by atoms with Crippen LogP contribution in [0.1, 0.15) is 5.56 Å². The molecule has 0 radical (unpaired) electrons. The van der Waals surface area contributed by atoms with Gasteiger partial charge in [-0.05, 0) is 42.8 Å². The SMILES string of the molecule is Cc1cc(NC(=O)CN2CCN(c3ccc4c(c3)OCCO4)C2=O)ccc1Br. The van der Waals surface area contributed by atoms with Crippen LogP contribution in [0.25, 0.3) is 0 Å². The number of benzene rings is 2. The molecule has 1 fully saturated rings. The van der Waals surface area contributed by atoms with Crippen LogP contribution in [0.4, 0.5) is 16.2 Å². The van der Waals surface area contributed by atoms with Gasteiger partial charge in [-0.3, -0.25) is 9.69 Å². The fourth-order valence-electron chi connectivity index (χ4n) is 3.27. The van der Waals surface area contributed by atoms with E-state index >= 15 is 0 Å². The maximum Gasteiger partial charge on any atom is 0.325 e. The van der Waals surface area contributed by atoms with Crippen LogP contribution >= 0.6 is 15.9 Å². The smallest absolute Gasteiger partial charge is 0.325 e. The molecule has 28 heavy (non-hydrogen) atoms. The minimum atomic E-state index is -0.223. The molecule has 0 saturated carbocycles. The number of amides is 3. The molecule has 0 aliphatic carbocycles. The van der Waals surface area contributed by atoms with Gasteiger partial charge >= 0.3 is 6.03 Å². The third-order valence-electron chi connectivity index (χ3n) is 4.71. The molecule has 2 heterocycles. The quantitative estimate of drug-likeness (QED) is 0.782. The Hall–Kier alpha value is -2.74. The first-order valence-corrected chi connectivity index (χ1v) is 9.82. The van der Waals surface area contributed by atoms with Crippen molar-refractivity contribution in [1.82, 2.24) is 4.90 Å². The van der Waals surface area contributed by atoms with Gasteiger partial charge in [0.15, 0.2) is 11.5 Å². The van der Waals surface area contributed by atoms with Crippen molar-refractivity contribution in [3.8, 4) is 11.5 Å². The first-order valence-electron chi connectivity index (χ1n) is 9.03. The topological polar surface area (TPSA) is 71.1 Å². The standard InChI is InChI=1S/C20H20BrN3O4/c1-13-10-14(2-4-16(13)21)22-19(25)12-23-6-7-24(20(23)26)15-3-5-17-18(11-15)28-9-8-27-17/h2-5,10-11H,6-9,12H2,1H3,(H,22,25). The lowest BCUT2D eigenvalue weighted by molar-refractivity contribution is -0.116. The van der Waals surface area contributed by atoms with Gasteiger partial charge in [-0.1, -0.05) is 15.9 Å². The van der Waals surface area contributed by atoms with Crippen LogP contribution in [0.2, 0.25) is 0 Å². The molecule has 1 saturated heterocycles. The number of halogens is 1. The van der Waals surface area contributed by atoms with Gasteiger partial charge in [0, 0.05) is 35.0 Å². The minimum absolute atomic E-state index is 0.00893. The second-order valence-electron chi connectivity index (χ2n) is 6.70. The van der Waals surface area contributed by atoms with Gasteiger partial charge in [0.05, 0.1) is 0 Å². The molecular weight excluding hydrogens is 426 g/mol. The van der Waals surface area contributed by atoms with Gasteiger partial charge < -0.3 is 19.7 Å². The number of rotatable bonds is 4. The van der Waals surface area contributed by atoms with E-state index in [0.29, 0.717) is 43.5 Å². The van der Waals surface area contributed by atoms with Crippen molar-refractivity contribution in [3.63, 3.8) is 0 Å². The molecule has 0 aromatic heterocycles. The van der Waals surface area contributed by atoms with Crippen molar-refractivity contribution in [1.29, 1.82) is 0 Å². The first kappa shape index (κ1) is 18.6. The molecule has 146 valence electrons. The second kappa shape index (κ2) is 7.71. The number of ether oxygens (including phenoxy) is 2. The molecule has 2 aliphatic heterocycles. The normalized spacial score (nSPS) is 15.7. The zero-order valence-electron chi connectivity index (χ0n) is 15.4. The molecule has 8 heteroatoms. The van der Waals surface area contributed by atoms with Gasteiger partial charge in [0.2, 0.25) is 5.91 Å². The lowest BCUT2D eigenvalue weighted by atomic mass is 10.2.